The Balaban J connectivity index is 1.89. The van der Waals surface area contributed by atoms with E-state index in [0.717, 1.165) is 0 Å². The van der Waals surface area contributed by atoms with Gasteiger partial charge in [-0.1, -0.05) is 30.2 Å². The first-order valence-electron chi connectivity index (χ1n) is 7.77. The summed E-state index contributed by atoms with van der Waals surface area (Å²) in [6.45, 7) is 5.61. The molecule has 0 aromatic heterocycles. The molecule has 3 unspecified atom stereocenters. The molecule has 1 aromatic rings. The van der Waals surface area contributed by atoms with Gasteiger partial charge < -0.3 is 5.73 Å². The highest BCUT2D eigenvalue weighted by molar-refractivity contribution is 5.38. The molecule has 1 aliphatic carbocycles. The molecule has 2 heteroatoms. The van der Waals surface area contributed by atoms with Crippen LogP contribution in [0, 0.1) is 6.92 Å². The maximum absolute atomic E-state index is 6.23. The van der Waals surface area contributed by atoms with Gasteiger partial charge in [0.25, 0.3) is 0 Å². The number of hydrogen-bond acceptors (Lipinski definition) is 2. The topological polar surface area (TPSA) is 29.3 Å². The zero-order valence-electron chi connectivity index (χ0n) is 12.2. The number of rotatable bonds is 2. The van der Waals surface area contributed by atoms with Crippen LogP contribution in [0.5, 0.6) is 0 Å². The predicted octanol–water partition coefficient (Wildman–Crippen LogP) is 3.18. The highest BCUT2D eigenvalue weighted by atomic mass is 15.2. The molecule has 2 N–H and O–H groups in total. The Labute approximate surface area is 117 Å². The van der Waals surface area contributed by atoms with Crippen LogP contribution in [0.1, 0.15) is 55.3 Å². The van der Waals surface area contributed by atoms with Crippen LogP contribution in [0.3, 0.4) is 0 Å². The van der Waals surface area contributed by atoms with Crippen LogP contribution in [-0.2, 0) is 6.42 Å². The first kappa shape index (κ1) is 13.1. The summed E-state index contributed by atoms with van der Waals surface area (Å²) in [5.41, 5.74) is 10.8. The highest BCUT2D eigenvalue weighted by Crippen LogP contribution is 2.39. The molecule has 2 aliphatic rings. The molecule has 0 saturated carbocycles. The zero-order chi connectivity index (χ0) is 13.4. The van der Waals surface area contributed by atoms with E-state index in [1.807, 2.05) is 0 Å². The lowest BCUT2D eigenvalue weighted by atomic mass is 9.93. The van der Waals surface area contributed by atoms with Crippen molar-refractivity contribution in [3.05, 3.63) is 34.9 Å². The summed E-state index contributed by atoms with van der Waals surface area (Å²) >= 11 is 0. The Bertz CT molecular complexity index is 453. The first-order chi connectivity index (χ1) is 9.16. The second kappa shape index (κ2) is 5.26. The lowest BCUT2D eigenvalue weighted by Crippen LogP contribution is -2.50. The highest BCUT2D eigenvalue weighted by Gasteiger charge is 2.35. The number of nitrogens with two attached hydrogens (primary N) is 1. The summed E-state index contributed by atoms with van der Waals surface area (Å²) in [4.78, 5) is 2.71. The van der Waals surface area contributed by atoms with Crippen molar-refractivity contribution in [2.75, 3.05) is 6.54 Å². The zero-order valence-corrected chi connectivity index (χ0v) is 12.2. The van der Waals surface area contributed by atoms with E-state index in [4.69, 9.17) is 5.73 Å². The fourth-order valence-corrected chi connectivity index (χ4v) is 3.98. The summed E-state index contributed by atoms with van der Waals surface area (Å²) in [6, 6.07) is 8.46. The van der Waals surface area contributed by atoms with Gasteiger partial charge in [0.2, 0.25) is 0 Å². The molecular weight excluding hydrogens is 232 g/mol. The third-order valence-corrected chi connectivity index (χ3v) is 4.95. The van der Waals surface area contributed by atoms with Crippen molar-refractivity contribution in [1.29, 1.82) is 0 Å². The molecule has 1 aliphatic heterocycles. The third-order valence-electron chi connectivity index (χ3n) is 4.95. The molecule has 19 heavy (non-hydrogen) atoms. The van der Waals surface area contributed by atoms with E-state index in [-0.39, 0.29) is 6.04 Å². The van der Waals surface area contributed by atoms with Gasteiger partial charge in [-0.15, -0.1) is 0 Å². The normalized spacial score (nSPS) is 29.2. The Morgan fingerprint density at radius 3 is 2.89 bits per heavy atom. The lowest BCUT2D eigenvalue weighted by molar-refractivity contribution is 0.0811. The van der Waals surface area contributed by atoms with Gasteiger partial charge in [-0.25, -0.2) is 0 Å². The number of piperidine rings is 1. The van der Waals surface area contributed by atoms with Crippen molar-refractivity contribution < 1.29 is 0 Å². The number of fused-ring (bicyclic) bond motifs is 1. The van der Waals surface area contributed by atoms with Gasteiger partial charge in [0.1, 0.15) is 0 Å². The average molecular weight is 258 g/mol. The minimum atomic E-state index is 0.286. The molecule has 0 spiro atoms. The van der Waals surface area contributed by atoms with Crippen LogP contribution in [0.4, 0.5) is 0 Å². The van der Waals surface area contributed by atoms with Gasteiger partial charge in [-0.2, -0.15) is 0 Å². The van der Waals surface area contributed by atoms with Crippen molar-refractivity contribution in [2.24, 2.45) is 5.73 Å². The van der Waals surface area contributed by atoms with Crippen LogP contribution in [0.2, 0.25) is 0 Å². The number of nitrogens with zero attached hydrogens (tertiary/aromatic N) is 1. The molecule has 1 aromatic carbocycles. The van der Waals surface area contributed by atoms with Crippen LogP contribution in [0.25, 0.3) is 0 Å². The standard InChI is InChI=1S/C17H26N2/c1-12-6-7-14-8-9-17(15(14)11-12)19-10-4-3-5-16(19)13(2)18/h6-7,11,13,16-17H,3-5,8-10,18H2,1-2H3. The fraction of sp³-hybridized carbons (Fsp3) is 0.647. The van der Waals surface area contributed by atoms with E-state index in [1.165, 1.54) is 44.2 Å². The monoisotopic (exact) mass is 258 g/mol. The van der Waals surface area contributed by atoms with E-state index >= 15 is 0 Å². The maximum Gasteiger partial charge on any atom is 0.0357 e. The van der Waals surface area contributed by atoms with Crippen molar-refractivity contribution in [3.8, 4) is 0 Å². The quantitative estimate of drug-likeness (QED) is 0.882. The number of benzene rings is 1. The van der Waals surface area contributed by atoms with Crippen LogP contribution < -0.4 is 5.73 Å². The molecule has 2 nitrogen and oxygen atoms in total. The average Bonchev–Trinajstić information content (AvgIpc) is 2.81. The molecule has 3 rings (SSSR count). The molecular formula is C17H26N2. The Morgan fingerprint density at radius 2 is 2.11 bits per heavy atom. The van der Waals surface area contributed by atoms with E-state index in [2.05, 4.69) is 36.9 Å². The summed E-state index contributed by atoms with van der Waals surface area (Å²) in [6.07, 6.45) is 6.47. The van der Waals surface area contributed by atoms with Gasteiger partial charge >= 0.3 is 0 Å². The smallest absolute Gasteiger partial charge is 0.0357 e. The molecule has 1 fully saturated rings. The van der Waals surface area contributed by atoms with Gasteiger partial charge in [-0.3, -0.25) is 4.90 Å². The van der Waals surface area contributed by atoms with E-state index in [0.29, 0.717) is 12.1 Å². The van der Waals surface area contributed by atoms with Crippen molar-refractivity contribution in [2.45, 2.75) is 64.1 Å². The summed E-state index contributed by atoms with van der Waals surface area (Å²) in [5, 5.41) is 0. The van der Waals surface area contributed by atoms with Crippen molar-refractivity contribution in [1.82, 2.24) is 4.90 Å². The van der Waals surface area contributed by atoms with Crippen molar-refractivity contribution >= 4 is 0 Å². The summed E-state index contributed by atoms with van der Waals surface area (Å²) in [5.74, 6) is 0. The SMILES string of the molecule is Cc1ccc2c(c1)C(N1CCCCC1C(C)N)CC2. The van der Waals surface area contributed by atoms with E-state index < -0.39 is 0 Å². The number of hydrogen-bond donors (Lipinski definition) is 1. The van der Waals surface area contributed by atoms with Gasteiger partial charge in [0.15, 0.2) is 0 Å². The van der Waals surface area contributed by atoms with Crippen molar-refractivity contribution in [3.63, 3.8) is 0 Å². The van der Waals surface area contributed by atoms with Gasteiger partial charge in [0.05, 0.1) is 0 Å². The molecule has 0 amide bonds. The second-order valence-electron chi connectivity index (χ2n) is 6.42. The minimum absolute atomic E-state index is 0.286. The number of aryl methyl sites for hydroxylation is 2. The summed E-state index contributed by atoms with van der Waals surface area (Å²) < 4.78 is 0. The van der Waals surface area contributed by atoms with Crippen LogP contribution in [-0.4, -0.2) is 23.5 Å². The van der Waals surface area contributed by atoms with Crippen LogP contribution in [0.15, 0.2) is 18.2 Å². The Kier molecular flexibility index (Phi) is 3.64. The Morgan fingerprint density at radius 1 is 1.26 bits per heavy atom. The molecule has 0 radical (unpaired) electrons. The minimum Gasteiger partial charge on any atom is -0.327 e. The fourth-order valence-electron chi connectivity index (χ4n) is 3.98. The lowest BCUT2D eigenvalue weighted by Gasteiger charge is -2.42. The molecule has 0 bridgehead atoms. The molecule has 1 heterocycles. The molecule has 104 valence electrons. The van der Waals surface area contributed by atoms with E-state index in [1.54, 1.807) is 11.1 Å². The Hall–Kier alpha value is -0.860. The third kappa shape index (κ3) is 2.44. The maximum atomic E-state index is 6.23. The summed E-state index contributed by atoms with van der Waals surface area (Å²) in [7, 11) is 0. The van der Waals surface area contributed by atoms with Gasteiger partial charge in [-0.05, 0) is 57.2 Å². The second-order valence-corrected chi connectivity index (χ2v) is 6.42. The largest absolute Gasteiger partial charge is 0.327 e. The molecule has 3 atom stereocenters. The van der Waals surface area contributed by atoms with E-state index in [9.17, 15) is 0 Å². The first-order valence-corrected chi connectivity index (χ1v) is 7.77. The number of likely N-dealkylation sites (tertiary alicyclic amines) is 1. The van der Waals surface area contributed by atoms with Crippen LogP contribution >= 0.6 is 0 Å². The predicted molar refractivity (Wildman–Crippen MR) is 80.2 cm³/mol. The van der Waals surface area contributed by atoms with Gasteiger partial charge in [0, 0.05) is 18.1 Å². The molecule has 1 saturated heterocycles.